The normalized spacial score (nSPS) is 16.0. The summed E-state index contributed by atoms with van der Waals surface area (Å²) >= 11 is 0. The van der Waals surface area contributed by atoms with E-state index in [9.17, 15) is 0 Å². The Balaban J connectivity index is 2.34. The number of fused-ring (bicyclic) bond motifs is 1. The summed E-state index contributed by atoms with van der Waals surface area (Å²) in [7, 11) is 0. The van der Waals surface area contributed by atoms with Crippen LogP contribution in [0.2, 0.25) is 0 Å². The maximum atomic E-state index is 4.19. The zero-order valence-electron chi connectivity index (χ0n) is 7.98. The minimum Gasteiger partial charge on any atom is -0.344 e. The van der Waals surface area contributed by atoms with Crippen molar-refractivity contribution in [3.05, 3.63) is 36.8 Å². The summed E-state index contributed by atoms with van der Waals surface area (Å²) in [5.41, 5.74) is 2.43. The molecule has 1 fully saturated rings. The van der Waals surface area contributed by atoms with Crippen LogP contribution in [0, 0.1) is 0 Å². The van der Waals surface area contributed by atoms with Gasteiger partial charge in [0.1, 0.15) is 0 Å². The van der Waals surface area contributed by atoms with Crippen LogP contribution >= 0.6 is 0 Å². The molecule has 2 heterocycles. The number of hydrogen-bond acceptors (Lipinski definition) is 1. The molecule has 3 rings (SSSR count). The van der Waals surface area contributed by atoms with E-state index in [1.54, 1.807) is 0 Å². The van der Waals surface area contributed by atoms with Crippen molar-refractivity contribution in [1.82, 2.24) is 9.55 Å². The summed E-state index contributed by atoms with van der Waals surface area (Å²) in [6.45, 7) is 3.83. The summed E-state index contributed by atoms with van der Waals surface area (Å²) in [5.74, 6) is 0. The van der Waals surface area contributed by atoms with Gasteiger partial charge in [0.25, 0.3) is 0 Å². The molecule has 0 spiro atoms. The lowest BCUT2D eigenvalue weighted by atomic mass is 10.2. The lowest BCUT2D eigenvalue weighted by Crippen LogP contribution is -1.93. The Kier molecular flexibility index (Phi) is 1.51. The van der Waals surface area contributed by atoms with Gasteiger partial charge in [-0.05, 0) is 18.9 Å². The Morgan fingerprint density at radius 3 is 3.00 bits per heavy atom. The van der Waals surface area contributed by atoms with Crippen molar-refractivity contribution in [3.8, 4) is 0 Å². The number of nitrogens with zero attached hydrogens (tertiary/aromatic N) is 2. The van der Waals surface area contributed by atoms with E-state index in [-0.39, 0.29) is 0 Å². The first-order valence-corrected chi connectivity index (χ1v) is 4.97. The summed E-state index contributed by atoms with van der Waals surface area (Å²) in [6.07, 6.45) is 10.5. The zero-order valence-corrected chi connectivity index (χ0v) is 7.98. The van der Waals surface area contributed by atoms with E-state index >= 15 is 0 Å². The lowest BCUT2D eigenvalue weighted by molar-refractivity contribution is 0.775. The quantitative estimate of drug-likeness (QED) is 0.701. The van der Waals surface area contributed by atoms with Gasteiger partial charge in [-0.1, -0.05) is 12.7 Å². The van der Waals surface area contributed by atoms with E-state index in [2.05, 4.69) is 28.4 Å². The molecule has 0 amide bonds. The third-order valence-electron chi connectivity index (χ3n) is 2.81. The summed E-state index contributed by atoms with van der Waals surface area (Å²) < 4.78 is 2.36. The number of rotatable bonds is 2. The first-order valence-electron chi connectivity index (χ1n) is 4.97. The molecule has 0 atom stereocenters. The van der Waals surface area contributed by atoms with Crippen LogP contribution < -0.4 is 0 Å². The molecule has 0 N–H and O–H groups in total. The molecule has 2 aromatic heterocycles. The molecule has 1 saturated carbocycles. The number of hydrogen-bond donors (Lipinski definition) is 0. The molecule has 2 nitrogen and oxygen atoms in total. The van der Waals surface area contributed by atoms with Crippen LogP contribution in [0.15, 0.2) is 31.2 Å². The van der Waals surface area contributed by atoms with Gasteiger partial charge in [0, 0.05) is 35.6 Å². The van der Waals surface area contributed by atoms with Crippen LogP contribution in [-0.2, 0) is 0 Å². The zero-order chi connectivity index (χ0) is 9.54. The molecule has 2 aromatic rings. The van der Waals surface area contributed by atoms with E-state index < -0.39 is 0 Å². The molecule has 0 aliphatic heterocycles. The Hall–Kier alpha value is -1.57. The van der Waals surface area contributed by atoms with E-state index in [4.69, 9.17) is 0 Å². The van der Waals surface area contributed by atoms with Gasteiger partial charge in [0.05, 0.1) is 5.52 Å². The fourth-order valence-corrected chi connectivity index (χ4v) is 1.95. The van der Waals surface area contributed by atoms with Crippen LogP contribution in [0.1, 0.15) is 24.4 Å². The second-order valence-electron chi connectivity index (χ2n) is 3.82. The average Bonchev–Trinajstić information content (AvgIpc) is 2.97. The Bertz CT molecular complexity index is 492. The minimum atomic E-state index is 0.716. The molecule has 0 bridgehead atoms. The van der Waals surface area contributed by atoms with Crippen molar-refractivity contribution in [2.24, 2.45) is 0 Å². The first kappa shape index (κ1) is 7.80. The highest BCUT2D eigenvalue weighted by Gasteiger charge is 2.24. The predicted octanol–water partition coefficient (Wildman–Crippen LogP) is 3.01. The minimum absolute atomic E-state index is 0.716. The lowest BCUT2D eigenvalue weighted by Gasteiger charge is -2.04. The third kappa shape index (κ3) is 1.00. The largest absolute Gasteiger partial charge is 0.344 e. The topological polar surface area (TPSA) is 17.8 Å². The van der Waals surface area contributed by atoms with Crippen molar-refractivity contribution in [1.29, 1.82) is 0 Å². The molecule has 70 valence electrons. The SMILES string of the molecule is C=Cc1cncc2ccn(C3CC3)c12. The highest BCUT2D eigenvalue weighted by Crippen LogP contribution is 2.38. The number of pyridine rings is 1. The fraction of sp³-hybridized carbons (Fsp3) is 0.250. The average molecular weight is 184 g/mol. The summed E-state index contributed by atoms with van der Waals surface area (Å²) in [4.78, 5) is 4.19. The highest BCUT2D eigenvalue weighted by molar-refractivity contribution is 5.87. The Morgan fingerprint density at radius 1 is 1.43 bits per heavy atom. The Morgan fingerprint density at radius 2 is 2.29 bits per heavy atom. The van der Waals surface area contributed by atoms with E-state index in [1.165, 1.54) is 23.7 Å². The van der Waals surface area contributed by atoms with Gasteiger partial charge in [-0.15, -0.1) is 0 Å². The molecule has 0 unspecified atom stereocenters. The monoisotopic (exact) mass is 184 g/mol. The van der Waals surface area contributed by atoms with Gasteiger partial charge >= 0.3 is 0 Å². The van der Waals surface area contributed by atoms with Crippen molar-refractivity contribution >= 4 is 17.0 Å². The maximum absolute atomic E-state index is 4.19. The second kappa shape index (κ2) is 2.71. The first-order chi connectivity index (χ1) is 6.90. The molecule has 0 saturated heterocycles. The third-order valence-corrected chi connectivity index (χ3v) is 2.81. The van der Waals surface area contributed by atoms with Gasteiger partial charge in [0.15, 0.2) is 0 Å². The van der Waals surface area contributed by atoms with Gasteiger partial charge in [0.2, 0.25) is 0 Å². The predicted molar refractivity (Wildman–Crippen MR) is 58.1 cm³/mol. The van der Waals surface area contributed by atoms with Gasteiger partial charge in [-0.2, -0.15) is 0 Å². The molecule has 2 heteroatoms. The van der Waals surface area contributed by atoms with Crippen molar-refractivity contribution in [2.45, 2.75) is 18.9 Å². The van der Waals surface area contributed by atoms with Crippen LogP contribution in [0.5, 0.6) is 0 Å². The molecule has 1 aliphatic carbocycles. The van der Waals surface area contributed by atoms with Crippen LogP contribution in [0.3, 0.4) is 0 Å². The maximum Gasteiger partial charge on any atom is 0.0587 e. The smallest absolute Gasteiger partial charge is 0.0587 e. The summed E-state index contributed by atoms with van der Waals surface area (Å²) in [5, 5.41) is 1.22. The molecular weight excluding hydrogens is 172 g/mol. The van der Waals surface area contributed by atoms with E-state index in [1.807, 2.05) is 18.5 Å². The molecule has 0 aromatic carbocycles. The van der Waals surface area contributed by atoms with Crippen molar-refractivity contribution < 1.29 is 0 Å². The van der Waals surface area contributed by atoms with Crippen LogP contribution in [-0.4, -0.2) is 9.55 Å². The highest BCUT2D eigenvalue weighted by atomic mass is 15.0. The Labute approximate surface area is 82.9 Å². The molecule has 1 aliphatic rings. The molecule has 0 radical (unpaired) electrons. The molecule has 14 heavy (non-hydrogen) atoms. The second-order valence-corrected chi connectivity index (χ2v) is 3.82. The fourth-order valence-electron chi connectivity index (χ4n) is 1.95. The molecular formula is C12H12N2. The van der Waals surface area contributed by atoms with Gasteiger partial charge in [-0.3, -0.25) is 4.98 Å². The van der Waals surface area contributed by atoms with Gasteiger partial charge < -0.3 is 4.57 Å². The van der Waals surface area contributed by atoms with Crippen LogP contribution in [0.4, 0.5) is 0 Å². The standard InChI is InChI=1S/C12H12N2/c1-2-9-7-13-8-10-5-6-14(12(9)10)11-3-4-11/h2,5-8,11H,1,3-4H2. The van der Waals surface area contributed by atoms with E-state index in [0.717, 1.165) is 5.56 Å². The van der Waals surface area contributed by atoms with Crippen molar-refractivity contribution in [3.63, 3.8) is 0 Å². The number of aromatic nitrogens is 2. The van der Waals surface area contributed by atoms with E-state index in [0.29, 0.717) is 6.04 Å². The van der Waals surface area contributed by atoms with Crippen LogP contribution in [0.25, 0.3) is 17.0 Å². The van der Waals surface area contributed by atoms with Crippen molar-refractivity contribution in [2.75, 3.05) is 0 Å². The van der Waals surface area contributed by atoms with Gasteiger partial charge in [-0.25, -0.2) is 0 Å². The summed E-state index contributed by atoms with van der Waals surface area (Å²) in [6, 6.07) is 2.85.